The van der Waals surface area contributed by atoms with Crippen molar-refractivity contribution >= 4 is 29.0 Å². The topological polar surface area (TPSA) is 49.4 Å². The number of carbonyl (C=O) groups excluding carboxylic acids is 2. The molecule has 0 atom stereocenters. The fourth-order valence-electron chi connectivity index (χ4n) is 4.39. The van der Waals surface area contributed by atoms with Crippen LogP contribution in [0.4, 0.5) is 5.69 Å². The summed E-state index contributed by atoms with van der Waals surface area (Å²) in [6, 6.07) is 15.7. The van der Waals surface area contributed by atoms with Crippen LogP contribution in [-0.2, 0) is 4.79 Å². The van der Waals surface area contributed by atoms with Crippen LogP contribution in [0.3, 0.4) is 0 Å². The van der Waals surface area contributed by atoms with Crippen LogP contribution in [0.2, 0.25) is 5.02 Å². The lowest BCUT2D eigenvalue weighted by Gasteiger charge is -2.32. The van der Waals surface area contributed by atoms with Crippen molar-refractivity contribution in [2.75, 3.05) is 25.0 Å². The number of hydrogen-bond donors (Lipinski definition) is 1. The van der Waals surface area contributed by atoms with Gasteiger partial charge < -0.3 is 10.2 Å². The lowest BCUT2D eigenvalue weighted by atomic mass is 9.89. The molecule has 31 heavy (non-hydrogen) atoms. The molecule has 1 saturated heterocycles. The third-order valence-electron chi connectivity index (χ3n) is 6.46. The number of unbranched alkanes of at least 4 members (excludes halogenated alkanes) is 1. The molecular weight excluding hydrogens is 408 g/mol. The minimum Gasteiger partial charge on any atom is -0.326 e. The summed E-state index contributed by atoms with van der Waals surface area (Å²) < 4.78 is 0. The Labute approximate surface area is 190 Å². The molecule has 4 nitrogen and oxygen atoms in total. The molecule has 0 aromatic heterocycles. The van der Waals surface area contributed by atoms with E-state index in [1.54, 1.807) is 6.07 Å². The first kappa shape index (κ1) is 22.0. The second-order valence-corrected chi connectivity index (χ2v) is 9.27. The number of benzene rings is 2. The van der Waals surface area contributed by atoms with E-state index in [2.05, 4.69) is 28.4 Å². The summed E-state index contributed by atoms with van der Waals surface area (Å²) in [6.45, 7) is 3.21. The molecule has 1 saturated carbocycles. The van der Waals surface area contributed by atoms with E-state index in [1.165, 1.54) is 5.56 Å². The van der Waals surface area contributed by atoms with Crippen molar-refractivity contribution in [1.29, 1.82) is 0 Å². The number of Topliss-reactive ketones (excluding diaryl/α,β-unsaturated/α-hetero) is 1. The maximum absolute atomic E-state index is 12.3. The zero-order valence-corrected chi connectivity index (χ0v) is 18.7. The van der Waals surface area contributed by atoms with Crippen LogP contribution >= 0.6 is 11.6 Å². The van der Waals surface area contributed by atoms with Gasteiger partial charge in [-0.1, -0.05) is 35.9 Å². The first-order valence-corrected chi connectivity index (χ1v) is 11.9. The summed E-state index contributed by atoms with van der Waals surface area (Å²) in [5.41, 5.74) is 2.90. The van der Waals surface area contributed by atoms with E-state index in [1.807, 2.05) is 24.3 Å². The van der Waals surface area contributed by atoms with Gasteiger partial charge in [0.15, 0.2) is 5.78 Å². The van der Waals surface area contributed by atoms with Crippen molar-refractivity contribution in [3.8, 4) is 0 Å². The average Bonchev–Trinajstić information content (AvgIpc) is 3.63. The molecule has 1 heterocycles. The molecule has 2 aliphatic rings. The van der Waals surface area contributed by atoms with Gasteiger partial charge in [-0.15, -0.1) is 0 Å². The molecule has 0 unspecified atom stereocenters. The number of piperidine rings is 1. The molecule has 1 aliphatic heterocycles. The molecule has 0 spiro atoms. The minimum absolute atomic E-state index is 0.137. The van der Waals surface area contributed by atoms with Gasteiger partial charge >= 0.3 is 0 Å². The molecule has 1 N–H and O–H groups in total. The van der Waals surface area contributed by atoms with Crippen LogP contribution in [0.5, 0.6) is 0 Å². The zero-order valence-electron chi connectivity index (χ0n) is 18.0. The number of ketones is 1. The standard InChI is InChI=1S/C26H31ClN2O2/c27-24-9-2-1-8-23(24)25(30)10-3-4-15-29-16-13-19(14-17-29)21-6-5-7-22(18-21)28-26(31)20-11-12-20/h1-2,5-9,18-20H,3-4,10-17H2,(H,28,31). The Balaban J connectivity index is 1.17. The van der Waals surface area contributed by atoms with Crippen molar-refractivity contribution in [1.82, 2.24) is 4.90 Å². The van der Waals surface area contributed by atoms with E-state index in [9.17, 15) is 9.59 Å². The molecule has 4 rings (SSSR count). The number of nitrogens with one attached hydrogen (secondary N) is 1. The number of anilines is 1. The predicted octanol–water partition coefficient (Wildman–Crippen LogP) is 5.92. The lowest BCUT2D eigenvalue weighted by Crippen LogP contribution is -2.33. The summed E-state index contributed by atoms with van der Waals surface area (Å²) in [7, 11) is 0. The van der Waals surface area contributed by atoms with Gasteiger partial charge in [-0.25, -0.2) is 0 Å². The Hall–Kier alpha value is -2.17. The minimum atomic E-state index is 0.137. The number of amides is 1. The average molecular weight is 439 g/mol. The van der Waals surface area contributed by atoms with E-state index < -0.39 is 0 Å². The molecule has 1 amide bonds. The van der Waals surface area contributed by atoms with Gasteiger partial charge in [0.05, 0.1) is 5.02 Å². The highest BCUT2D eigenvalue weighted by Crippen LogP contribution is 2.32. The number of carbonyl (C=O) groups is 2. The van der Waals surface area contributed by atoms with E-state index >= 15 is 0 Å². The summed E-state index contributed by atoms with van der Waals surface area (Å²) in [5, 5.41) is 3.61. The van der Waals surface area contributed by atoms with E-state index in [4.69, 9.17) is 11.6 Å². The van der Waals surface area contributed by atoms with Crippen molar-refractivity contribution in [3.05, 3.63) is 64.7 Å². The Kier molecular flexibility index (Phi) is 7.41. The SMILES string of the molecule is O=C(CCCCN1CCC(c2cccc(NC(=O)C3CC3)c2)CC1)c1ccccc1Cl. The highest BCUT2D eigenvalue weighted by molar-refractivity contribution is 6.33. The van der Waals surface area contributed by atoms with Crippen LogP contribution in [0.1, 0.15) is 66.8 Å². The number of hydrogen-bond acceptors (Lipinski definition) is 3. The fourth-order valence-corrected chi connectivity index (χ4v) is 4.63. The summed E-state index contributed by atoms with van der Waals surface area (Å²) in [5.74, 6) is 1.08. The molecule has 2 fully saturated rings. The first-order valence-electron chi connectivity index (χ1n) is 11.5. The number of nitrogens with zero attached hydrogens (tertiary/aromatic N) is 1. The van der Waals surface area contributed by atoms with Gasteiger partial charge in [-0.3, -0.25) is 9.59 Å². The smallest absolute Gasteiger partial charge is 0.227 e. The maximum atomic E-state index is 12.3. The second kappa shape index (κ2) is 10.4. The van der Waals surface area contributed by atoms with Gasteiger partial charge in [0, 0.05) is 23.6 Å². The maximum Gasteiger partial charge on any atom is 0.227 e. The van der Waals surface area contributed by atoms with E-state index in [0.29, 0.717) is 22.9 Å². The molecule has 0 radical (unpaired) electrons. The molecule has 2 aromatic rings. The number of likely N-dealkylation sites (tertiary alicyclic amines) is 1. The third-order valence-corrected chi connectivity index (χ3v) is 6.79. The van der Waals surface area contributed by atoms with Gasteiger partial charge in [-0.05, 0) is 93.9 Å². The molecular formula is C26H31ClN2O2. The van der Waals surface area contributed by atoms with Crippen LogP contribution in [0, 0.1) is 5.92 Å². The number of halogens is 1. The van der Waals surface area contributed by atoms with Gasteiger partial charge in [-0.2, -0.15) is 0 Å². The Bertz CT molecular complexity index is 917. The monoisotopic (exact) mass is 438 g/mol. The summed E-state index contributed by atoms with van der Waals surface area (Å²) >= 11 is 6.12. The van der Waals surface area contributed by atoms with Crippen LogP contribution < -0.4 is 5.32 Å². The van der Waals surface area contributed by atoms with Gasteiger partial charge in [0.1, 0.15) is 0 Å². The fraction of sp³-hybridized carbons (Fsp3) is 0.462. The van der Waals surface area contributed by atoms with Gasteiger partial charge in [0.2, 0.25) is 5.91 Å². The Morgan fingerprint density at radius 2 is 1.74 bits per heavy atom. The molecule has 0 bridgehead atoms. The summed E-state index contributed by atoms with van der Waals surface area (Å²) in [6.07, 6.45) is 6.81. The Morgan fingerprint density at radius 3 is 2.48 bits per heavy atom. The second-order valence-electron chi connectivity index (χ2n) is 8.87. The molecule has 1 aliphatic carbocycles. The molecule has 5 heteroatoms. The van der Waals surface area contributed by atoms with Crippen molar-refractivity contribution in [2.24, 2.45) is 5.92 Å². The number of rotatable bonds is 9. The highest BCUT2D eigenvalue weighted by atomic mass is 35.5. The zero-order chi connectivity index (χ0) is 21.6. The molecule has 164 valence electrons. The summed E-state index contributed by atoms with van der Waals surface area (Å²) in [4.78, 5) is 26.9. The van der Waals surface area contributed by atoms with Gasteiger partial charge in [0.25, 0.3) is 0 Å². The van der Waals surface area contributed by atoms with Crippen LogP contribution in [0.25, 0.3) is 0 Å². The van der Waals surface area contributed by atoms with E-state index in [-0.39, 0.29) is 17.6 Å². The van der Waals surface area contributed by atoms with E-state index in [0.717, 1.165) is 63.8 Å². The van der Waals surface area contributed by atoms with Crippen LogP contribution in [0.15, 0.2) is 48.5 Å². The first-order chi connectivity index (χ1) is 15.1. The predicted molar refractivity (Wildman–Crippen MR) is 126 cm³/mol. The Morgan fingerprint density at radius 1 is 0.968 bits per heavy atom. The molecule has 2 aromatic carbocycles. The van der Waals surface area contributed by atoms with Crippen molar-refractivity contribution in [3.63, 3.8) is 0 Å². The van der Waals surface area contributed by atoms with Crippen molar-refractivity contribution in [2.45, 2.75) is 50.9 Å². The normalized spacial score (nSPS) is 17.5. The third kappa shape index (κ3) is 6.18. The lowest BCUT2D eigenvalue weighted by molar-refractivity contribution is -0.117. The van der Waals surface area contributed by atoms with Crippen LogP contribution in [-0.4, -0.2) is 36.2 Å². The highest BCUT2D eigenvalue weighted by Gasteiger charge is 2.29. The quantitative estimate of drug-likeness (QED) is 0.390. The largest absolute Gasteiger partial charge is 0.326 e. The van der Waals surface area contributed by atoms with Crippen molar-refractivity contribution < 1.29 is 9.59 Å².